The Morgan fingerprint density at radius 1 is 0.828 bits per heavy atom. The molecule has 0 radical (unpaired) electrons. The van der Waals surface area contributed by atoms with E-state index in [1.807, 2.05) is 36.4 Å². The summed E-state index contributed by atoms with van der Waals surface area (Å²) in [6.45, 7) is 1.35. The highest BCUT2D eigenvalue weighted by Gasteiger charge is 2.12. The van der Waals surface area contributed by atoms with E-state index in [2.05, 4.69) is 35.7 Å². The van der Waals surface area contributed by atoms with Crippen molar-refractivity contribution >= 4 is 18.0 Å². The van der Waals surface area contributed by atoms with Crippen LogP contribution in [0.25, 0.3) is 0 Å². The van der Waals surface area contributed by atoms with Gasteiger partial charge in [-0.05, 0) is 17.5 Å². The van der Waals surface area contributed by atoms with Gasteiger partial charge in [0.2, 0.25) is 0 Å². The normalized spacial score (nSPS) is 10.4. The smallest absolute Gasteiger partial charge is 0.320 e. The third-order valence-electron chi connectivity index (χ3n) is 3.21. The van der Waals surface area contributed by atoms with Crippen LogP contribution in [-0.2, 0) is 27.5 Å². The van der Waals surface area contributed by atoms with Crippen LogP contribution in [-0.4, -0.2) is 34.2 Å². The molecule has 158 valence electrons. The molecule has 0 aliphatic carbocycles. The second kappa shape index (κ2) is 15.6. The van der Waals surface area contributed by atoms with Crippen molar-refractivity contribution in [2.24, 2.45) is 17.2 Å². The quantitative estimate of drug-likeness (QED) is 0.443. The number of benzene rings is 2. The molecule has 2 amide bonds. The van der Waals surface area contributed by atoms with Crippen LogP contribution in [0.2, 0.25) is 0 Å². The maximum atomic E-state index is 9.99. The Kier molecular flexibility index (Phi) is 13.8. The lowest BCUT2D eigenvalue weighted by Crippen LogP contribution is -2.30. The Bertz CT molecular complexity index is 682. The van der Waals surface area contributed by atoms with Gasteiger partial charge in [0.25, 0.3) is 0 Å². The van der Waals surface area contributed by atoms with Gasteiger partial charge >= 0.3 is 18.0 Å². The number of ether oxygens (including phenoxy) is 1. The molecule has 2 rings (SSSR count). The van der Waals surface area contributed by atoms with Gasteiger partial charge in [-0.2, -0.15) is 0 Å². The fraction of sp³-hybridized carbons (Fsp3) is 0.250. The molecule has 2 aromatic rings. The molecule has 0 heterocycles. The second-order valence-electron chi connectivity index (χ2n) is 5.74. The van der Waals surface area contributed by atoms with E-state index in [0.717, 1.165) is 0 Å². The summed E-state index contributed by atoms with van der Waals surface area (Å²) in [7, 11) is 0. The summed E-state index contributed by atoms with van der Waals surface area (Å²) in [5, 5.41) is 16.3. The number of hydrogen-bond acceptors (Lipinski definition) is 5. The summed E-state index contributed by atoms with van der Waals surface area (Å²) in [5.41, 5.74) is 15.9. The molecule has 0 unspecified atom stereocenters. The number of carboxylic acids is 2. The summed E-state index contributed by atoms with van der Waals surface area (Å²) >= 11 is 0. The van der Waals surface area contributed by atoms with Crippen LogP contribution in [0.1, 0.15) is 24.0 Å². The third kappa shape index (κ3) is 16.5. The number of rotatable bonds is 8. The molecule has 1 atom stereocenters. The van der Waals surface area contributed by atoms with Crippen molar-refractivity contribution in [2.45, 2.75) is 32.1 Å². The molecular weight excluding hydrogens is 378 g/mol. The molecule has 8 N–H and O–H groups in total. The van der Waals surface area contributed by atoms with Crippen LogP contribution in [0.3, 0.4) is 0 Å². The van der Waals surface area contributed by atoms with Gasteiger partial charge < -0.3 is 32.2 Å². The first-order valence-electron chi connectivity index (χ1n) is 8.63. The molecule has 0 fully saturated rings. The number of primary amides is 2. The maximum Gasteiger partial charge on any atom is 0.320 e. The molecular formula is C20H27N3O6. The lowest BCUT2D eigenvalue weighted by Gasteiger charge is -2.03. The summed E-state index contributed by atoms with van der Waals surface area (Å²) in [4.78, 5) is 28.9. The first-order valence-corrected chi connectivity index (χ1v) is 8.63. The Morgan fingerprint density at radius 2 is 1.21 bits per heavy atom. The van der Waals surface area contributed by atoms with E-state index in [9.17, 15) is 9.59 Å². The predicted octanol–water partition coefficient (Wildman–Crippen LogP) is 1.69. The number of carboxylic acid groups (broad SMARTS) is 2. The topological polar surface area (TPSA) is 179 Å². The largest absolute Gasteiger partial charge is 0.481 e. The Morgan fingerprint density at radius 3 is 1.52 bits per heavy atom. The van der Waals surface area contributed by atoms with Gasteiger partial charge in [0.15, 0.2) is 0 Å². The highest BCUT2D eigenvalue weighted by atomic mass is 16.5. The molecule has 0 aliphatic rings. The van der Waals surface area contributed by atoms with E-state index < -0.39 is 24.0 Å². The van der Waals surface area contributed by atoms with Gasteiger partial charge in [-0.1, -0.05) is 60.7 Å². The van der Waals surface area contributed by atoms with Crippen molar-refractivity contribution in [3.63, 3.8) is 0 Å². The fourth-order valence-corrected chi connectivity index (χ4v) is 1.84. The van der Waals surface area contributed by atoms with Crippen LogP contribution in [0.4, 0.5) is 4.79 Å². The second-order valence-corrected chi connectivity index (χ2v) is 5.74. The predicted molar refractivity (Wildman–Crippen MR) is 108 cm³/mol. The lowest BCUT2D eigenvalue weighted by molar-refractivity contribution is -0.139. The molecule has 0 saturated heterocycles. The van der Waals surface area contributed by atoms with E-state index in [1.54, 1.807) is 0 Å². The minimum absolute atomic E-state index is 0.0231. The van der Waals surface area contributed by atoms with E-state index in [1.165, 1.54) is 11.1 Å². The average Bonchev–Trinajstić information content (AvgIpc) is 2.68. The molecule has 9 heteroatoms. The van der Waals surface area contributed by atoms with Crippen molar-refractivity contribution in [1.82, 2.24) is 0 Å². The van der Waals surface area contributed by atoms with Crippen LogP contribution in [0.5, 0.6) is 0 Å². The van der Waals surface area contributed by atoms with Gasteiger partial charge in [-0.3, -0.25) is 9.59 Å². The molecule has 29 heavy (non-hydrogen) atoms. The number of hydrogen-bond donors (Lipinski definition) is 5. The minimum Gasteiger partial charge on any atom is -0.481 e. The van der Waals surface area contributed by atoms with Gasteiger partial charge in [0, 0.05) is 6.42 Å². The number of nitrogens with two attached hydrogens (primary N) is 3. The first-order chi connectivity index (χ1) is 13.7. The standard InChI is InChI=1S/C14H14O.C5H9NO4.CH4N2O/c1-3-7-13(8-4-1)11-15-12-14-9-5-2-6-10-14;6-3(5(9)10)1-2-4(7)8;2-1(3)4/h1-10H,11-12H2;3H,1-2,6H2,(H,7,8)(H,9,10);(H4,2,3,4)/t;3-;/m.0./s1. The average molecular weight is 405 g/mol. The molecule has 0 aliphatic heterocycles. The molecule has 0 bridgehead atoms. The highest BCUT2D eigenvalue weighted by molar-refractivity contribution is 5.74. The zero-order valence-corrected chi connectivity index (χ0v) is 15.9. The van der Waals surface area contributed by atoms with Crippen molar-refractivity contribution in [2.75, 3.05) is 0 Å². The van der Waals surface area contributed by atoms with E-state index in [0.29, 0.717) is 13.2 Å². The molecule has 0 aromatic heterocycles. The van der Waals surface area contributed by atoms with Crippen molar-refractivity contribution < 1.29 is 29.3 Å². The molecule has 0 spiro atoms. The first kappa shape index (κ1) is 25.6. The van der Waals surface area contributed by atoms with E-state index in [4.69, 9.17) is 25.5 Å². The number of aliphatic carboxylic acids is 2. The van der Waals surface area contributed by atoms with Crippen molar-refractivity contribution in [3.8, 4) is 0 Å². The van der Waals surface area contributed by atoms with E-state index in [-0.39, 0.29) is 12.8 Å². The zero-order valence-electron chi connectivity index (χ0n) is 15.9. The Balaban J connectivity index is 0.000000486. The van der Waals surface area contributed by atoms with Gasteiger partial charge in [0.05, 0.1) is 13.2 Å². The summed E-state index contributed by atoms with van der Waals surface area (Å²) in [6.07, 6.45) is -0.224. The summed E-state index contributed by atoms with van der Waals surface area (Å²) in [5.74, 6) is -2.20. The van der Waals surface area contributed by atoms with Gasteiger partial charge in [0.1, 0.15) is 6.04 Å². The summed E-state index contributed by atoms with van der Waals surface area (Å²) in [6, 6.07) is 18.6. The van der Waals surface area contributed by atoms with E-state index >= 15 is 0 Å². The van der Waals surface area contributed by atoms with Crippen molar-refractivity contribution in [3.05, 3.63) is 71.8 Å². The van der Waals surface area contributed by atoms with Crippen LogP contribution < -0.4 is 17.2 Å². The van der Waals surface area contributed by atoms with Crippen LogP contribution >= 0.6 is 0 Å². The number of carbonyl (C=O) groups excluding carboxylic acids is 1. The Hall–Kier alpha value is -3.43. The van der Waals surface area contributed by atoms with Gasteiger partial charge in [-0.25, -0.2) is 4.79 Å². The minimum atomic E-state index is -1.17. The number of carbonyl (C=O) groups is 3. The maximum absolute atomic E-state index is 9.99. The van der Waals surface area contributed by atoms with Crippen LogP contribution in [0.15, 0.2) is 60.7 Å². The number of amides is 2. The molecule has 2 aromatic carbocycles. The fourth-order valence-electron chi connectivity index (χ4n) is 1.84. The molecule has 9 nitrogen and oxygen atoms in total. The lowest BCUT2D eigenvalue weighted by atomic mass is 10.2. The zero-order chi connectivity index (χ0) is 22.1. The Labute approximate surface area is 169 Å². The van der Waals surface area contributed by atoms with Crippen molar-refractivity contribution in [1.29, 1.82) is 0 Å². The summed E-state index contributed by atoms with van der Waals surface area (Å²) < 4.78 is 5.61. The van der Waals surface area contributed by atoms with Gasteiger partial charge in [-0.15, -0.1) is 0 Å². The SMILES string of the molecule is NC(N)=O.N[C@@H](CCC(=O)O)C(=O)O.c1ccc(COCc2ccccc2)cc1. The number of urea groups is 1. The highest BCUT2D eigenvalue weighted by Crippen LogP contribution is 2.05. The monoisotopic (exact) mass is 405 g/mol. The molecule has 0 saturated carbocycles. The van der Waals surface area contributed by atoms with Crippen LogP contribution in [0, 0.1) is 0 Å². The third-order valence-corrected chi connectivity index (χ3v) is 3.21.